The van der Waals surface area contributed by atoms with E-state index in [0.29, 0.717) is 10.6 Å². The minimum atomic E-state index is -3.68. The van der Waals surface area contributed by atoms with Crippen LogP contribution in [-0.2, 0) is 10.0 Å². The third-order valence-corrected chi connectivity index (χ3v) is 7.20. The van der Waals surface area contributed by atoms with Gasteiger partial charge in [0, 0.05) is 36.2 Å². The van der Waals surface area contributed by atoms with Crippen molar-refractivity contribution in [2.45, 2.75) is 45.4 Å². The fraction of sp³-hybridized carbons (Fsp3) is 0.333. The monoisotopic (exact) mass is 451 g/mol. The second-order valence-electron chi connectivity index (χ2n) is 8.42. The molecule has 4 rings (SSSR count). The van der Waals surface area contributed by atoms with Crippen molar-refractivity contribution in [3.05, 3.63) is 64.8 Å². The molecule has 168 valence electrons. The summed E-state index contributed by atoms with van der Waals surface area (Å²) >= 11 is 0. The summed E-state index contributed by atoms with van der Waals surface area (Å²) in [5.74, 6) is 1.47. The average molecular weight is 452 g/mol. The molecule has 0 saturated carbocycles. The molecule has 0 spiro atoms. The fourth-order valence-corrected chi connectivity index (χ4v) is 5.76. The molecular weight excluding hydrogens is 422 g/mol. The lowest BCUT2D eigenvalue weighted by molar-refractivity contribution is 0.600. The number of rotatable bonds is 6. The summed E-state index contributed by atoms with van der Waals surface area (Å²) in [6, 6.07) is 12.8. The van der Waals surface area contributed by atoms with E-state index in [1.54, 1.807) is 12.1 Å². The fourth-order valence-electron chi connectivity index (χ4n) is 4.24. The quantitative estimate of drug-likeness (QED) is 0.557. The number of nitrogens with zero attached hydrogens (tertiary/aromatic N) is 3. The summed E-state index contributed by atoms with van der Waals surface area (Å²) in [7, 11) is -3.68. The molecule has 1 saturated heterocycles. The van der Waals surface area contributed by atoms with Gasteiger partial charge >= 0.3 is 0 Å². The van der Waals surface area contributed by atoms with Crippen molar-refractivity contribution in [1.82, 2.24) is 9.97 Å². The van der Waals surface area contributed by atoms with Crippen LogP contribution in [0.1, 0.15) is 35.2 Å². The molecule has 2 heterocycles. The topological polar surface area (TPSA) is 87.2 Å². The van der Waals surface area contributed by atoms with Crippen LogP contribution >= 0.6 is 0 Å². The number of hydrogen-bond acceptors (Lipinski definition) is 6. The molecule has 0 aliphatic carbocycles. The van der Waals surface area contributed by atoms with Gasteiger partial charge < -0.3 is 10.2 Å². The number of aryl methyl sites for hydroxylation is 4. The van der Waals surface area contributed by atoms with Crippen LogP contribution in [0, 0.1) is 27.7 Å². The van der Waals surface area contributed by atoms with Gasteiger partial charge in [0.15, 0.2) is 0 Å². The van der Waals surface area contributed by atoms with Crippen molar-refractivity contribution < 1.29 is 8.42 Å². The van der Waals surface area contributed by atoms with E-state index in [1.165, 1.54) is 12.8 Å². The summed E-state index contributed by atoms with van der Waals surface area (Å²) in [5.41, 5.74) is 4.75. The molecule has 0 radical (unpaired) electrons. The highest BCUT2D eigenvalue weighted by Crippen LogP contribution is 2.26. The maximum absolute atomic E-state index is 13.0. The lowest BCUT2D eigenvalue weighted by Crippen LogP contribution is -2.21. The van der Waals surface area contributed by atoms with Crippen LogP contribution in [0.3, 0.4) is 0 Å². The predicted molar refractivity (Wildman–Crippen MR) is 129 cm³/mol. The van der Waals surface area contributed by atoms with Crippen molar-refractivity contribution in [2.75, 3.05) is 28.0 Å². The Morgan fingerprint density at radius 2 is 1.44 bits per heavy atom. The van der Waals surface area contributed by atoms with Gasteiger partial charge in [-0.2, -0.15) is 4.98 Å². The molecule has 1 aliphatic rings. The van der Waals surface area contributed by atoms with Gasteiger partial charge in [0.1, 0.15) is 5.82 Å². The molecule has 2 N–H and O–H groups in total. The number of anilines is 4. The first kappa shape index (κ1) is 22.1. The van der Waals surface area contributed by atoms with E-state index in [1.807, 2.05) is 58.0 Å². The van der Waals surface area contributed by atoms with E-state index in [4.69, 9.17) is 0 Å². The molecule has 1 fully saturated rings. The molecule has 8 heteroatoms. The maximum Gasteiger partial charge on any atom is 0.262 e. The zero-order valence-corrected chi connectivity index (χ0v) is 19.8. The summed E-state index contributed by atoms with van der Waals surface area (Å²) < 4.78 is 28.7. The van der Waals surface area contributed by atoms with E-state index in [2.05, 4.69) is 24.9 Å². The molecule has 0 atom stereocenters. The van der Waals surface area contributed by atoms with Crippen molar-refractivity contribution >= 4 is 33.2 Å². The number of aromatic nitrogens is 2. The third kappa shape index (κ3) is 4.85. The number of nitrogens with one attached hydrogen (secondary N) is 2. The maximum atomic E-state index is 13.0. The lowest BCUT2D eigenvalue weighted by atomic mass is 10.1. The van der Waals surface area contributed by atoms with Gasteiger partial charge in [-0.1, -0.05) is 17.7 Å². The standard InChI is InChI=1S/C24H29N5O2S/c1-16-13-17(2)23(18(3)14-16)32(30,31)28-21-9-7-20(8-10-21)26-22-15-19(4)25-24(27-22)29-11-5-6-12-29/h7-10,13-15,28H,5-6,11-12H2,1-4H3,(H,25,26,27). The Morgan fingerprint density at radius 3 is 2.06 bits per heavy atom. The highest BCUT2D eigenvalue weighted by Gasteiger charge is 2.20. The van der Waals surface area contributed by atoms with Crippen LogP contribution in [0.15, 0.2) is 47.4 Å². The Labute approximate surface area is 190 Å². The third-order valence-electron chi connectivity index (χ3n) is 5.51. The van der Waals surface area contributed by atoms with Crippen molar-refractivity contribution in [3.8, 4) is 0 Å². The zero-order chi connectivity index (χ0) is 22.9. The van der Waals surface area contributed by atoms with E-state index in [9.17, 15) is 8.42 Å². The van der Waals surface area contributed by atoms with Gasteiger partial charge in [-0.05, 0) is 75.9 Å². The van der Waals surface area contributed by atoms with Gasteiger partial charge in [0.05, 0.1) is 4.90 Å². The second kappa shape index (κ2) is 8.78. The summed E-state index contributed by atoms with van der Waals surface area (Å²) in [4.78, 5) is 11.7. The van der Waals surface area contributed by atoms with Crippen LogP contribution in [0.4, 0.5) is 23.1 Å². The summed E-state index contributed by atoms with van der Waals surface area (Å²) in [6.45, 7) is 9.53. The van der Waals surface area contributed by atoms with Gasteiger partial charge in [-0.15, -0.1) is 0 Å². The largest absolute Gasteiger partial charge is 0.341 e. The SMILES string of the molecule is Cc1cc(C)c(S(=O)(=O)Nc2ccc(Nc3cc(C)nc(N4CCCC4)n3)cc2)c(C)c1. The number of sulfonamides is 1. The van der Waals surface area contributed by atoms with E-state index < -0.39 is 10.0 Å². The molecule has 0 unspecified atom stereocenters. The normalized spacial score (nSPS) is 13.9. The van der Waals surface area contributed by atoms with Gasteiger partial charge in [0.2, 0.25) is 5.95 Å². The van der Waals surface area contributed by atoms with Crippen molar-refractivity contribution in [3.63, 3.8) is 0 Å². The Morgan fingerprint density at radius 1 is 0.844 bits per heavy atom. The molecule has 1 aliphatic heterocycles. The Balaban J connectivity index is 1.50. The van der Waals surface area contributed by atoms with Crippen LogP contribution in [-0.4, -0.2) is 31.5 Å². The van der Waals surface area contributed by atoms with E-state index >= 15 is 0 Å². The first-order valence-electron chi connectivity index (χ1n) is 10.8. The molecule has 1 aromatic heterocycles. The predicted octanol–water partition coefficient (Wildman–Crippen LogP) is 4.85. The van der Waals surface area contributed by atoms with Crippen LogP contribution in [0.5, 0.6) is 0 Å². The summed E-state index contributed by atoms with van der Waals surface area (Å²) in [6.07, 6.45) is 2.33. The minimum Gasteiger partial charge on any atom is -0.341 e. The van der Waals surface area contributed by atoms with Crippen molar-refractivity contribution in [1.29, 1.82) is 0 Å². The first-order valence-corrected chi connectivity index (χ1v) is 12.3. The Kier molecular flexibility index (Phi) is 6.06. The van der Waals surface area contributed by atoms with Gasteiger partial charge in [0.25, 0.3) is 10.0 Å². The van der Waals surface area contributed by atoms with Crippen LogP contribution in [0.2, 0.25) is 0 Å². The van der Waals surface area contributed by atoms with Crippen LogP contribution < -0.4 is 14.9 Å². The molecular formula is C24H29N5O2S. The number of hydrogen-bond donors (Lipinski definition) is 2. The first-order chi connectivity index (χ1) is 15.2. The minimum absolute atomic E-state index is 0.330. The Bertz CT molecular complexity index is 1210. The zero-order valence-electron chi connectivity index (χ0n) is 18.9. The van der Waals surface area contributed by atoms with E-state index in [0.717, 1.165) is 52.9 Å². The Hall–Kier alpha value is -3.13. The smallest absolute Gasteiger partial charge is 0.262 e. The number of benzene rings is 2. The highest BCUT2D eigenvalue weighted by atomic mass is 32.2. The molecule has 32 heavy (non-hydrogen) atoms. The molecule has 7 nitrogen and oxygen atoms in total. The second-order valence-corrected chi connectivity index (χ2v) is 10.0. The lowest BCUT2D eigenvalue weighted by Gasteiger charge is -2.17. The van der Waals surface area contributed by atoms with Gasteiger partial charge in [-0.25, -0.2) is 13.4 Å². The molecule has 3 aromatic rings. The average Bonchev–Trinajstić information content (AvgIpc) is 3.23. The summed E-state index contributed by atoms with van der Waals surface area (Å²) in [5, 5.41) is 3.30. The molecule has 0 bridgehead atoms. The van der Waals surface area contributed by atoms with Crippen molar-refractivity contribution in [2.24, 2.45) is 0 Å². The van der Waals surface area contributed by atoms with E-state index in [-0.39, 0.29) is 0 Å². The van der Waals surface area contributed by atoms with Crippen LogP contribution in [0.25, 0.3) is 0 Å². The highest BCUT2D eigenvalue weighted by molar-refractivity contribution is 7.92. The molecule has 2 aromatic carbocycles. The molecule has 0 amide bonds. The van der Waals surface area contributed by atoms with Gasteiger partial charge in [-0.3, -0.25) is 4.72 Å².